The van der Waals surface area contributed by atoms with Crippen LogP contribution in [0.2, 0.25) is 0 Å². The van der Waals surface area contributed by atoms with Gasteiger partial charge in [-0.05, 0) is 73.5 Å². The van der Waals surface area contributed by atoms with E-state index in [1.54, 1.807) is 11.1 Å². The molecule has 2 aliphatic rings. The molecule has 2 aromatic heterocycles. The number of amides is 2. The number of hydrogen-bond donors (Lipinski definition) is 2. The first-order valence-electron chi connectivity index (χ1n) is 12.6. The highest BCUT2D eigenvalue weighted by Crippen LogP contribution is 2.30. The van der Waals surface area contributed by atoms with Crippen LogP contribution in [0.4, 0.5) is 15.7 Å². The molecule has 36 heavy (non-hydrogen) atoms. The molecule has 2 fully saturated rings. The highest BCUT2D eigenvalue weighted by Gasteiger charge is 2.28. The average molecular weight is 516 g/mol. The largest absolute Gasteiger partial charge is 0.444 e. The molecule has 10 nitrogen and oxygen atoms in total. The van der Waals surface area contributed by atoms with Crippen LogP contribution in [-0.2, 0) is 4.74 Å². The molecule has 0 spiro atoms. The number of anilines is 2. The first-order chi connectivity index (χ1) is 17.1. The van der Waals surface area contributed by atoms with Crippen molar-refractivity contribution in [2.24, 2.45) is 0 Å². The Kier molecular flexibility index (Phi) is 8.09. The molecule has 0 atom stereocenters. The molecule has 0 unspecified atom stereocenters. The highest BCUT2D eigenvalue weighted by molar-refractivity contribution is 7.17. The molecule has 2 aromatic rings. The second kappa shape index (κ2) is 11.1. The zero-order valence-electron chi connectivity index (χ0n) is 21.8. The van der Waals surface area contributed by atoms with Crippen molar-refractivity contribution in [3.05, 3.63) is 28.7 Å². The third-order valence-corrected chi connectivity index (χ3v) is 7.35. The molecule has 2 saturated heterocycles. The number of aromatic nitrogens is 3. The standard InChI is InChI=1S/C25H37N7O3S/c1-16-27-19(17-6-12-32(13-7-17)24(34)35-25(2,3)4)14-21(28-16)30-23-26-15-20(36-23)22(33)29-18-8-10-31(5)11-9-18/h14-15,17-18H,6-13H2,1-5H3,(H,29,33)(H,26,27,28,30). The molecule has 0 saturated carbocycles. The van der Waals surface area contributed by atoms with Crippen LogP contribution in [0.5, 0.6) is 0 Å². The fraction of sp³-hybridized carbons (Fsp3) is 0.640. The molecule has 0 bridgehead atoms. The van der Waals surface area contributed by atoms with Crippen LogP contribution in [-0.4, -0.2) is 81.6 Å². The van der Waals surface area contributed by atoms with Crippen LogP contribution in [0.3, 0.4) is 0 Å². The highest BCUT2D eigenvalue weighted by atomic mass is 32.1. The summed E-state index contributed by atoms with van der Waals surface area (Å²) in [5.74, 6) is 1.48. The smallest absolute Gasteiger partial charge is 0.410 e. The predicted octanol–water partition coefficient (Wildman–Crippen LogP) is 3.92. The van der Waals surface area contributed by atoms with E-state index in [4.69, 9.17) is 4.74 Å². The predicted molar refractivity (Wildman–Crippen MR) is 140 cm³/mol. The fourth-order valence-electron chi connectivity index (χ4n) is 4.50. The number of aryl methyl sites for hydroxylation is 1. The Morgan fingerprint density at radius 3 is 2.44 bits per heavy atom. The maximum atomic E-state index is 12.7. The quantitative estimate of drug-likeness (QED) is 0.616. The summed E-state index contributed by atoms with van der Waals surface area (Å²) < 4.78 is 5.50. The summed E-state index contributed by atoms with van der Waals surface area (Å²) in [5.41, 5.74) is 0.451. The van der Waals surface area contributed by atoms with Crippen LogP contribution < -0.4 is 10.6 Å². The first kappa shape index (κ1) is 26.3. The van der Waals surface area contributed by atoms with Gasteiger partial charge in [0, 0.05) is 36.8 Å². The van der Waals surface area contributed by atoms with Crippen LogP contribution in [0.15, 0.2) is 12.3 Å². The minimum absolute atomic E-state index is 0.0774. The molecular formula is C25H37N7O3S. The van der Waals surface area contributed by atoms with Gasteiger partial charge in [-0.15, -0.1) is 0 Å². The number of likely N-dealkylation sites (tertiary alicyclic amines) is 2. The lowest BCUT2D eigenvalue weighted by atomic mass is 9.93. The van der Waals surface area contributed by atoms with Crippen LogP contribution in [0.1, 0.15) is 73.6 Å². The molecule has 0 aliphatic carbocycles. The Morgan fingerprint density at radius 1 is 1.08 bits per heavy atom. The minimum atomic E-state index is -0.498. The van der Waals surface area contributed by atoms with Crippen LogP contribution >= 0.6 is 11.3 Å². The van der Waals surface area contributed by atoms with Gasteiger partial charge in [0.2, 0.25) is 0 Å². The summed E-state index contributed by atoms with van der Waals surface area (Å²) in [6.07, 6.45) is 4.90. The molecule has 2 amide bonds. The van der Waals surface area contributed by atoms with Gasteiger partial charge in [-0.25, -0.2) is 19.7 Å². The van der Waals surface area contributed by atoms with Crippen LogP contribution in [0.25, 0.3) is 0 Å². The van der Waals surface area contributed by atoms with E-state index in [1.807, 2.05) is 33.8 Å². The topological polar surface area (TPSA) is 113 Å². The lowest BCUT2D eigenvalue weighted by Crippen LogP contribution is -2.43. The monoisotopic (exact) mass is 515 g/mol. The van der Waals surface area contributed by atoms with Crippen molar-refractivity contribution in [3.8, 4) is 0 Å². The van der Waals surface area contributed by atoms with E-state index >= 15 is 0 Å². The number of ether oxygens (including phenoxy) is 1. The summed E-state index contributed by atoms with van der Waals surface area (Å²) in [6, 6.07) is 2.15. The summed E-state index contributed by atoms with van der Waals surface area (Å²) in [4.78, 5) is 43.2. The average Bonchev–Trinajstić information content (AvgIpc) is 3.28. The molecule has 0 aromatic carbocycles. The lowest BCUT2D eigenvalue weighted by molar-refractivity contribution is 0.0204. The number of nitrogens with zero attached hydrogens (tertiary/aromatic N) is 5. The fourth-order valence-corrected chi connectivity index (χ4v) is 5.23. The van der Waals surface area contributed by atoms with Gasteiger partial charge in [0.1, 0.15) is 22.1 Å². The zero-order valence-corrected chi connectivity index (χ0v) is 22.7. The number of rotatable bonds is 5. The van der Waals surface area contributed by atoms with Crippen molar-refractivity contribution in [3.63, 3.8) is 0 Å². The van der Waals surface area contributed by atoms with Crippen molar-refractivity contribution >= 4 is 34.3 Å². The van der Waals surface area contributed by atoms with E-state index in [9.17, 15) is 9.59 Å². The van der Waals surface area contributed by atoms with Gasteiger partial charge >= 0.3 is 6.09 Å². The van der Waals surface area contributed by atoms with E-state index in [0.717, 1.165) is 44.5 Å². The molecule has 4 rings (SSSR count). The van der Waals surface area contributed by atoms with Crippen molar-refractivity contribution in [2.45, 2.75) is 70.9 Å². The van der Waals surface area contributed by atoms with Crippen molar-refractivity contribution in [1.29, 1.82) is 0 Å². The second-order valence-electron chi connectivity index (χ2n) is 10.7. The molecular weight excluding hydrogens is 478 g/mol. The van der Waals surface area contributed by atoms with Gasteiger partial charge < -0.3 is 25.2 Å². The molecule has 2 aliphatic heterocycles. The maximum Gasteiger partial charge on any atom is 0.410 e. The van der Waals surface area contributed by atoms with E-state index in [0.29, 0.717) is 34.7 Å². The van der Waals surface area contributed by atoms with E-state index in [2.05, 4.69) is 37.5 Å². The molecule has 196 valence electrons. The van der Waals surface area contributed by atoms with Gasteiger partial charge in [-0.1, -0.05) is 11.3 Å². The number of carbonyl (C=O) groups excluding carboxylic acids is 2. The minimum Gasteiger partial charge on any atom is -0.444 e. The van der Waals surface area contributed by atoms with Crippen molar-refractivity contribution in [2.75, 3.05) is 38.5 Å². The van der Waals surface area contributed by atoms with Gasteiger partial charge in [-0.2, -0.15) is 0 Å². The first-order valence-corrected chi connectivity index (χ1v) is 13.4. The maximum absolute atomic E-state index is 12.7. The Labute approximate surface area is 216 Å². The number of nitrogens with one attached hydrogen (secondary N) is 2. The molecule has 0 radical (unpaired) electrons. The van der Waals surface area contributed by atoms with Crippen molar-refractivity contribution < 1.29 is 14.3 Å². The molecule has 2 N–H and O–H groups in total. The number of piperidine rings is 2. The summed E-state index contributed by atoms with van der Waals surface area (Å²) in [5, 5.41) is 7.00. The Hall–Kier alpha value is -2.79. The van der Waals surface area contributed by atoms with Gasteiger partial charge in [-0.3, -0.25) is 4.79 Å². The molecule has 4 heterocycles. The second-order valence-corrected chi connectivity index (χ2v) is 11.7. The van der Waals surface area contributed by atoms with Gasteiger partial charge in [0.05, 0.1) is 6.20 Å². The van der Waals surface area contributed by atoms with E-state index < -0.39 is 5.60 Å². The summed E-state index contributed by atoms with van der Waals surface area (Å²) in [7, 11) is 2.10. The number of carbonyl (C=O) groups is 2. The number of thiazole rings is 1. The van der Waals surface area contributed by atoms with E-state index in [-0.39, 0.29) is 24.0 Å². The summed E-state index contributed by atoms with van der Waals surface area (Å²) in [6.45, 7) is 10.8. The molecule has 11 heteroatoms. The van der Waals surface area contributed by atoms with Gasteiger partial charge in [0.25, 0.3) is 5.91 Å². The Bertz CT molecular complexity index is 1070. The van der Waals surface area contributed by atoms with Crippen molar-refractivity contribution in [1.82, 2.24) is 30.1 Å². The third kappa shape index (κ3) is 7.13. The normalized spacial score (nSPS) is 18.2. The SMILES string of the molecule is Cc1nc(Nc2ncc(C(=O)NC3CCN(C)CC3)s2)cc(C2CCN(C(=O)OC(C)(C)C)CC2)n1. The van der Waals surface area contributed by atoms with Gasteiger partial charge in [0.15, 0.2) is 5.13 Å². The van der Waals surface area contributed by atoms with Crippen LogP contribution in [0, 0.1) is 6.92 Å². The van der Waals surface area contributed by atoms with E-state index in [1.165, 1.54) is 11.3 Å². The summed E-state index contributed by atoms with van der Waals surface area (Å²) >= 11 is 1.32. The Balaban J connectivity index is 1.34. The lowest BCUT2D eigenvalue weighted by Gasteiger charge is -2.33. The Morgan fingerprint density at radius 2 is 1.78 bits per heavy atom. The number of hydrogen-bond acceptors (Lipinski definition) is 9. The zero-order chi connectivity index (χ0) is 25.9. The third-order valence-electron chi connectivity index (χ3n) is 6.44.